The number of aromatic amines is 1. The van der Waals surface area contributed by atoms with Gasteiger partial charge in [-0.3, -0.25) is 19.8 Å². The Labute approximate surface area is 207 Å². The third-order valence-electron chi connectivity index (χ3n) is 6.88. The number of nitrogens with one attached hydrogen (secondary N) is 2. The molecule has 2 aliphatic rings. The molecule has 6 rings (SSSR count). The van der Waals surface area contributed by atoms with Gasteiger partial charge in [0.25, 0.3) is 11.8 Å². The highest BCUT2D eigenvalue weighted by molar-refractivity contribution is 6.50. The van der Waals surface area contributed by atoms with E-state index in [1.165, 1.54) is 0 Å². The molecule has 2 N–H and O–H groups in total. The van der Waals surface area contributed by atoms with Gasteiger partial charge in [-0.05, 0) is 24.6 Å². The highest BCUT2D eigenvalue weighted by atomic mass is 35.5. The van der Waals surface area contributed by atoms with Crippen molar-refractivity contribution in [1.29, 1.82) is 0 Å². The Morgan fingerprint density at radius 1 is 0.914 bits per heavy atom. The molecule has 0 atom stereocenters. The highest BCUT2D eigenvalue weighted by Crippen LogP contribution is 2.38. The summed E-state index contributed by atoms with van der Waals surface area (Å²) in [5, 5.41) is 4.96. The molecule has 0 spiro atoms. The first kappa shape index (κ1) is 22.1. The number of para-hydroxylation sites is 1. The number of ether oxygens (including phenoxy) is 1. The van der Waals surface area contributed by atoms with Gasteiger partial charge in [0.15, 0.2) is 0 Å². The molecule has 0 saturated carbocycles. The van der Waals surface area contributed by atoms with Crippen LogP contribution in [0.4, 0.5) is 0 Å². The number of imide groups is 1. The molecule has 7 nitrogen and oxygen atoms in total. The first-order chi connectivity index (χ1) is 17.1. The van der Waals surface area contributed by atoms with Crippen molar-refractivity contribution in [2.75, 3.05) is 32.8 Å². The van der Waals surface area contributed by atoms with Crippen molar-refractivity contribution >= 4 is 56.4 Å². The predicted molar refractivity (Wildman–Crippen MR) is 137 cm³/mol. The number of carbonyl (C=O) groups excluding carboxylic acids is 2. The summed E-state index contributed by atoms with van der Waals surface area (Å²) < 4.78 is 7.59. The van der Waals surface area contributed by atoms with Crippen molar-refractivity contribution in [1.82, 2.24) is 19.8 Å². The number of amides is 2. The van der Waals surface area contributed by atoms with Gasteiger partial charge in [-0.2, -0.15) is 0 Å². The lowest BCUT2D eigenvalue weighted by atomic mass is 9.95. The van der Waals surface area contributed by atoms with E-state index in [-0.39, 0.29) is 11.8 Å². The Bertz CT molecular complexity index is 1490. The predicted octanol–water partition coefficient (Wildman–Crippen LogP) is 4.07. The van der Waals surface area contributed by atoms with Gasteiger partial charge in [0.2, 0.25) is 0 Å². The fourth-order valence-electron chi connectivity index (χ4n) is 5.19. The van der Waals surface area contributed by atoms with Gasteiger partial charge in [0.1, 0.15) is 0 Å². The second-order valence-corrected chi connectivity index (χ2v) is 9.42. The van der Waals surface area contributed by atoms with Gasteiger partial charge >= 0.3 is 0 Å². The maximum absolute atomic E-state index is 13.1. The van der Waals surface area contributed by atoms with Gasteiger partial charge in [0, 0.05) is 71.0 Å². The molecule has 2 amide bonds. The van der Waals surface area contributed by atoms with Gasteiger partial charge in [-0.15, -0.1) is 0 Å². The number of H-pyrrole nitrogens is 1. The number of aryl methyl sites for hydroxylation is 1. The molecule has 2 aliphatic heterocycles. The molecule has 35 heavy (non-hydrogen) atoms. The summed E-state index contributed by atoms with van der Waals surface area (Å²) in [5.41, 5.74) is 4.13. The van der Waals surface area contributed by atoms with Crippen LogP contribution >= 0.6 is 11.6 Å². The van der Waals surface area contributed by atoms with E-state index in [4.69, 9.17) is 16.3 Å². The van der Waals surface area contributed by atoms with E-state index in [1.54, 1.807) is 6.20 Å². The van der Waals surface area contributed by atoms with Crippen molar-refractivity contribution in [2.45, 2.75) is 13.0 Å². The summed E-state index contributed by atoms with van der Waals surface area (Å²) in [6.45, 7) is 5.21. The molecule has 0 unspecified atom stereocenters. The zero-order chi connectivity index (χ0) is 23.9. The minimum absolute atomic E-state index is 0.377. The molecule has 0 radical (unpaired) electrons. The molecule has 2 aromatic heterocycles. The van der Waals surface area contributed by atoms with Gasteiger partial charge in [-0.25, -0.2) is 0 Å². The Morgan fingerprint density at radius 2 is 1.69 bits per heavy atom. The number of rotatable bonds is 6. The third kappa shape index (κ3) is 3.95. The quantitative estimate of drug-likeness (QED) is 0.401. The summed E-state index contributed by atoms with van der Waals surface area (Å²) in [7, 11) is 0. The normalized spacial score (nSPS) is 17.2. The molecule has 1 saturated heterocycles. The number of aromatic nitrogens is 2. The number of morpholine rings is 1. The Morgan fingerprint density at radius 3 is 2.51 bits per heavy atom. The zero-order valence-corrected chi connectivity index (χ0v) is 19.9. The second-order valence-electron chi connectivity index (χ2n) is 8.99. The van der Waals surface area contributed by atoms with E-state index in [2.05, 4.69) is 19.8 Å². The molecule has 0 aliphatic carbocycles. The fraction of sp³-hybridized carbons (Fsp3) is 0.259. The number of benzene rings is 2. The first-order valence-electron chi connectivity index (χ1n) is 11.9. The van der Waals surface area contributed by atoms with Crippen molar-refractivity contribution in [3.05, 3.63) is 71.0 Å². The summed E-state index contributed by atoms with van der Waals surface area (Å²) in [6.07, 6.45) is 4.74. The molecule has 2 aromatic carbocycles. The smallest absolute Gasteiger partial charge is 0.259 e. The lowest BCUT2D eigenvalue weighted by Gasteiger charge is -2.26. The molecular formula is C27H25ClN4O3. The average molecular weight is 489 g/mol. The molecule has 1 fully saturated rings. The van der Waals surface area contributed by atoms with E-state index in [9.17, 15) is 9.59 Å². The van der Waals surface area contributed by atoms with Crippen molar-refractivity contribution in [3.8, 4) is 0 Å². The molecule has 4 aromatic rings. The Hall–Kier alpha value is -3.39. The van der Waals surface area contributed by atoms with Gasteiger partial charge in [-0.1, -0.05) is 35.9 Å². The van der Waals surface area contributed by atoms with E-state index in [1.807, 2.05) is 48.7 Å². The standard InChI is InChI=1S/C27H25ClN4O3/c28-17-6-7-19-21(16-32(23(19)14-17)9-3-8-31-10-12-35-13-11-31)25-24(26(33)30-27(25)34)20-15-29-22-5-2-1-4-18(20)22/h1-2,4-7,14-16,29H,3,8-13H2,(H,30,33,34). The van der Waals surface area contributed by atoms with Crippen LogP contribution in [-0.4, -0.2) is 59.1 Å². The van der Waals surface area contributed by atoms with Crippen LogP contribution < -0.4 is 5.32 Å². The molecule has 178 valence electrons. The van der Waals surface area contributed by atoms with Crippen LogP contribution in [0.1, 0.15) is 17.5 Å². The number of hydrogen-bond donors (Lipinski definition) is 2. The first-order valence-corrected chi connectivity index (χ1v) is 12.2. The van der Waals surface area contributed by atoms with Gasteiger partial charge < -0.3 is 14.3 Å². The van der Waals surface area contributed by atoms with Crippen LogP contribution in [0.5, 0.6) is 0 Å². The van der Waals surface area contributed by atoms with Crippen LogP contribution in [0.2, 0.25) is 5.02 Å². The molecule has 4 heterocycles. The van der Waals surface area contributed by atoms with E-state index < -0.39 is 0 Å². The zero-order valence-electron chi connectivity index (χ0n) is 19.1. The minimum atomic E-state index is -0.378. The second kappa shape index (κ2) is 9.00. The highest BCUT2D eigenvalue weighted by Gasteiger charge is 2.35. The average Bonchev–Trinajstić information content (AvgIpc) is 3.52. The summed E-state index contributed by atoms with van der Waals surface area (Å²) in [6, 6.07) is 13.5. The SMILES string of the molecule is O=C1NC(=O)C(c2cn(CCCN3CCOCC3)c3cc(Cl)ccc23)=C1c1c[nH]c2ccccc12. The molecular weight excluding hydrogens is 464 g/mol. The monoisotopic (exact) mass is 488 g/mol. The maximum Gasteiger partial charge on any atom is 0.259 e. The summed E-state index contributed by atoms with van der Waals surface area (Å²) >= 11 is 6.36. The van der Waals surface area contributed by atoms with Crippen LogP contribution in [-0.2, 0) is 20.9 Å². The number of hydrogen-bond acceptors (Lipinski definition) is 4. The van der Waals surface area contributed by atoms with Crippen LogP contribution in [0.25, 0.3) is 33.0 Å². The van der Waals surface area contributed by atoms with Gasteiger partial charge in [0.05, 0.1) is 29.9 Å². The minimum Gasteiger partial charge on any atom is -0.379 e. The van der Waals surface area contributed by atoms with Crippen molar-refractivity contribution in [3.63, 3.8) is 0 Å². The van der Waals surface area contributed by atoms with Crippen LogP contribution in [0.3, 0.4) is 0 Å². The summed E-state index contributed by atoms with van der Waals surface area (Å²) in [4.78, 5) is 31.7. The fourth-order valence-corrected chi connectivity index (χ4v) is 5.35. The summed E-state index contributed by atoms with van der Waals surface area (Å²) in [5.74, 6) is -0.755. The van der Waals surface area contributed by atoms with Crippen LogP contribution in [0, 0.1) is 0 Å². The Balaban J connectivity index is 1.44. The number of carbonyl (C=O) groups is 2. The third-order valence-corrected chi connectivity index (χ3v) is 7.12. The number of fused-ring (bicyclic) bond motifs is 2. The molecule has 8 heteroatoms. The molecule has 0 bridgehead atoms. The van der Waals surface area contributed by atoms with E-state index in [0.717, 1.165) is 78.7 Å². The number of halogens is 1. The lowest BCUT2D eigenvalue weighted by molar-refractivity contribution is -0.122. The maximum atomic E-state index is 13.1. The van der Waals surface area contributed by atoms with Crippen LogP contribution in [0.15, 0.2) is 54.9 Å². The largest absolute Gasteiger partial charge is 0.379 e. The topological polar surface area (TPSA) is 79.4 Å². The Kier molecular flexibility index (Phi) is 5.68. The number of nitrogens with zero attached hydrogens (tertiary/aromatic N) is 2. The lowest BCUT2D eigenvalue weighted by Crippen LogP contribution is -2.37. The van der Waals surface area contributed by atoms with Crippen molar-refractivity contribution in [2.24, 2.45) is 0 Å². The van der Waals surface area contributed by atoms with E-state index in [0.29, 0.717) is 16.2 Å². The van der Waals surface area contributed by atoms with Crippen molar-refractivity contribution < 1.29 is 14.3 Å². The van der Waals surface area contributed by atoms with E-state index >= 15 is 0 Å².